The lowest BCUT2D eigenvalue weighted by Gasteiger charge is -1.96. The van der Waals surface area contributed by atoms with Gasteiger partial charge in [-0.3, -0.25) is 0 Å². The average Bonchev–Trinajstić information content (AvgIpc) is 2.63. The van der Waals surface area contributed by atoms with Crippen LogP contribution in [0.25, 0.3) is 0 Å². The van der Waals surface area contributed by atoms with E-state index in [1.54, 1.807) is 12.3 Å². The zero-order chi connectivity index (χ0) is 10.4. The van der Waals surface area contributed by atoms with E-state index in [0.717, 1.165) is 0 Å². The van der Waals surface area contributed by atoms with Gasteiger partial charge in [0.25, 0.3) is 0 Å². The summed E-state index contributed by atoms with van der Waals surface area (Å²) in [5.41, 5.74) is 0.316. The van der Waals surface area contributed by atoms with Gasteiger partial charge in [0.15, 0.2) is 10.8 Å². The lowest BCUT2D eigenvalue weighted by molar-refractivity contribution is 0.0520. The molecule has 0 radical (unpaired) electrons. The Balaban J connectivity index is 2.59. The van der Waals surface area contributed by atoms with E-state index in [4.69, 9.17) is 11.2 Å². The number of thiazole rings is 1. The third kappa shape index (κ3) is 2.75. The van der Waals surface area contributed by atoms with E-state index in [1.807, 2.05) is 0 Å². The molecule has 0 aliphatic rings. The van der Waals surface area contributed by atoms with Crippen molar-refractivity contribution in [1.82, 2.24) is 4.98 Å². The van der Waals surface area contributed by atoms with Crippen LogP contribution in [0.5, 0.6) is 0 Å². The fourth-order valence-electron chi connectivity index (χ4n) is 0.780. The number of rotatable bonds is 4. The van der Waals surface area contributed by atoms with Gasteiger partial charge in [-0.05, 0) is 6.92 Å². The number of hydrogen-bond acceptors (Lipinski definition) is 5. The van der Waals surface area contributed by atoms with Crippen molar-refractivity contribution in [2.24, 2.45) is 0 Å². The van der Waals surface area contributed by atoms with Gasteiger partial charge in [0.05, 0.1) is 13.2 Å². The molecule has 0 unspecified atom stereocenters. The molecule has 5 heteroatoms. The van der Waals surface area contributed by atoms with Gasteiger partial charge in [-0.1, -0.05) is 5.92 Å². The van der Waals surface area contributed by atoms with Crippen molar-refractivity contribution in [2.45, 2.75) is 6.92 Å². The molecule has 1 N–H and O–H groups in total. The van der Waals surface area contributed by atoms with Gasteiger partial charge in [-0.15, -0.1) is 17.8 Å². The maximum absolute atomic E-state index is 11.2. The van der Waals surface area contributed by atoms with Gasteiger partial charge in [-0.2, -0.15) is 0 Å². The van der Waals surface area contributed by atoms with Crippen molar-refractivity contribution in [2.75, 3.05) is 18.5 Å². The van der Waals surface area contributed by atoms with Crippen LogP contribution in [-0.4, -0.2) is 24.1 Å². The van der Waals surface area contributed by atoms with E-state index in [9.17, 15) is 4.79 Å². The van der Waals surface area contributed by atoms with Gasteiger partial charge in [0.1, 0.15) is 0 Å². The molecule has 0 amide bonds. The number of anilines is 1. The first-order valence-electron chi connectivity index (χ1n) is 4.08. The number of esters is 1. The third-order valence-electron chi connectivity index (χ3n) is 1.33. The second-order valence-electron chi connectivity index (χ2n) is 2.32. The molecule has 1 aromatic heterocycles. The Morgan fingerprint density at radius 2 is 2.64 bits per heavy atom. The summed E-state index contributed by atoms with van der Waals surface area (Å²) in [6.45, 7) is 2.50. The standard InChI is InChI=1S/C9H10N2O2S/c1-3-5-10-9-11-7(6-14-9)8(12)13-4-2/h1,6H,4-5H2,2H3,(H,10,11). The summed E-state index contributed by atoms with van der Waals surface area (Å²) in [5.74, 6) is 2.01. The van der Waals surface area contributed by atoms with Gasteiger partial charge in [-0.25, -0.2) is 9.78 Å². The highest BCUT2D eigenvalue weighted by Gasteiger charge is 2.10. The Labute approximate surface area is 86.3 Å². The Bertz CT molecular complexity index is 354. The van der Waals surface area contributed by atoms with Crippen molar-refractivity contribution >= 4 is 22.4 Å². The third-order valence-corrected chi connectivity index (χ3v) is 2.13. The average molecular weight is 210 g/mol. The van der Waals surface area contributed by atoms with Crippen molar-refractivity contribution in [3.63, 3.8) is 0 Å². The molecule has 0 spiro atoms. The molecule has 4 nitrogen and oxygen atoms in total. The quantitative estimate of drug-likeness (QED) is 0.602. The highest BCUT2D eigenvalue weighted by molar-refractivity contribution is 7.13. The summed E-state index contributed by atoms with van der Waals surface area (Å²) in [6, 6.07) is 0. The Hall–Kier alpha value is -1.54. The van der Waals surface area contributed by atoms with Gasteiger partial charge in [0, 0.05) is 5.38 Å². The number of aromatic nitrogens is 1. The molecular weight excluding hydrogens is 200 g/mol. The summed E-state index contributed by atoms with van der Waals surface area (Å²) < 4.78 is 4.78. The highest BCUT2D eigenvalue weighted by Crippen LogP contribution is 2.15. The predicted octanol–water partition coefficient (Wildman–Crippen LogP) is 1.36. The van der Waals surface area contributed by atoms with Crippen LogP contribution in [-0.2, 0) is 4.74 Å². The molecule has 1 aromatic rings. The zero-order valence-electron chi connectivity index (χ0n) is 7.74. The summed E-state index contributed by atoms with van der Waals surface area (Å²) in [7, 11) is 0. The molecule has 0 saturated carbocycles. The number of carbonyl (C=O) groups is 1. The Morgan fingerprint density at radius 3 is 3.29 bits per heavy atom. The molecule has 0 atom stereocenters. The van der Waals surface area contributed by atoms with Crippen LogP contribution < -0.4 is 5.32 Å². The lowest BCUT2D eigenvalue weighted by atomic mass is 10.5. The van der Waals surface area contributed by atoms with E-state index < -0.39 is 5.97 Å². The summed E-state index contributed by atoms with van der Waals surface area (Å²) in [6.07, 6.45) is 5.06. The van der Waals surface area contributed by atoms with Crippen molar-refractivity contribution in [1.29, 1.82) is 0 Å². The molecular formula is C9H10N2O2S. The monoisotopic (exact) mass is 210 g/mol. The molecule has 1 heterocycles. The van der Waals surface area contributed by atoms with Crippen molar-refractivity contribution in [3.05, 3.63) is 11.1 Å². The molecule has 1 rings (SSSR count). The second-order valence-corrected chi connectivity index (χ2v) is 3.17. The molecule has 14 heavy (non-hydrogen) atoms. The minimum absolute atomic E-state index is 0.316. The number of nitrogens with one attached hydrogen (secondary N) is 1. The smallest absolute Gasteiger partial charge is 0.357 e. The van der Waals surface area contributed by atoms with Crippen LogP contribution in [0.4, 0.5) is 5.13 Å². The van der Waals surface area contributed by atoms with Crippen LogP contribution in [0.3, 0.4) is 0 Å². The second kappa shape index (κ2) is 5.25. The van der Waals surface area contributed by atoms with Crippen LogP contribution in [0.15, 0.2) is 5.38 Å². The van der Waals surface area contributed by atoms with Crippen LogP contribution >= 0.6 is 11.3 Å². The number of ether oxygens (including phenoxy) is 1. The summed E-state index contributed by atoms with van der Waals surface area (Å²) in [5, 5.41) is 5.14. The molecule has 0 aliphatic carbocycles. The van der Waals surface area contributed by atoms with Crippen LogP contribution in [0.1, 0.15) is 17.4 Å². The van der Waals surface area contributed by atoms with Crippen molar-refractivity contribution < 1.29 is 9.53 Å². The fraction of sp³-hybridized carbons (Fsp3) is 0.333. The highest BCUT2D eigenvalue weighted by atomic mass is 32.1. The minimum atomic E-state index is -0.405. The lowest BCUT2D eigenvalue weighted by Crippen LogP contribution is -2.05. The molecule has 0 aliphatic heterocycles. The largest absolute Gasteiger partial charge is 0.461 e. The van der Waals surface area contributed by atoms with Gasteiger partial charge in [0.2, 0.25) is 0 Å². The summed E-state index contributed by atoms with van der Waals surface area (Å²) in [4.78, 5) is 15.2. The number of carbonyl (C=O) groups excluding carboxylic acids is 1. The Morgan fingerprint density at radius 1 is 1.86 bits per heavy atom. The predicted molar refractivity (Wildman–Crippen MR) is 55.4 cm³/mol. The van der Waals surface area contributed by atoms with E-state index >= 15 is 0 Å². The van der Waals surface area contributed by atoms with Gasteiger partial charge < -0.3 is 10.1 Å². The maximum atomic E-state index is 11.2. The van der Waals surface area contributed by atoms with Crippen molar-refractivity contribution in [3.8, 4) is 12.3 Å². The van der Waals surface area contributed by atoms with E-state index in [0.29, 0.717) is 24.0 Å². The molecule has 74 valence electrons. The number of terminal acetylenes is 1. The summed E-state index contributed by atoms with van der Waals surface area (Å²) >= 11 is 1.33. The number of hydrogen-bond donors (Lipinski definition) is 1. The Kier molecular flexibility index (Phi) is 3.95. The zero-order valence-corrected chi connectivity index (χ0v) is 8.56. The van der Waals surface area contributed by atoms with Crippen LogP contribution in [0.2, 0.25) is 0 Å². The number of nitrogens with zero attached hydrogens (tertiary/aromatic N) is 1. The molecule has 0 saturated heterocycles. The minimum Gasteiger partial charge on any atom is -0.461 e. The van der Waals surface area contributed by atoms with E-state index in [2.05, 4.69) is 16.2 Å². The van der Waals surface area contributed by atoms with E-state index in [-0.39, 0.29) is 0 Å². The molecule has 0 aromatic carbocycles. The topological polar surface area (TPSA) is 51.2 Å². The van der Waals surface area contributed by atoms with E-state index in [1.165, 1.54) is 11.3 Å². The fourth-order valence-corrected chi connectivity index (χ4v) is 1.46. The first kappa shape index (κ1) is 10.5. The van der Waals surface area contributed by atoms with Gasteiger partial charge >= 0.3 is 5.97 Å². The molecule has 0 bridgehead atoms. The SMILES string of the molecule is C#CCNc1nc(C(=O)OCC)cs1. The maximum Gasteiger partial charge on any atom is 0.357 e. The first-order chi connectivity index (χ1) is 6.77. The first-order valence-corrected chi connectivity index (χ1v) is 4.96. The normalized spacial score (nSPS) is 9.14. The van der Waals surface area contributed by atoms with Crippen LogP contribution in [0, 0.1) is 12.3 Å². The molecule has 0 fully saturated rings.